The van der Waals surface area contributed by atoms with E-state index in [0.717, 1.165) is 42.4 Å². The summed E-state index contributed by atoms with van der Waals surface area (Å²) in [4.78, 5) is 148. The van der Waals surface area contributed by atoms with Gasteiger partial charge in [-0.3, -0.25) is 63.7 Å². The van der Waals surface area contributed by atoms with Crippen LogP contribution in [-0.4, -0.2) is 206 Å². The Bertz CT molecular complexity index is 3420. The normalized spacial score (nSPS) is 16.2. The molecule has 17 N–H and O–H groups in total. The Kier molecular flexibility index (Phi) is 33.5. The van der Waals surface area contributed by atoms with Crippen molar-refractivity contribution in [3.05, 3.63) is 114 Å². The molecule has 2 aliphatic heterocycles. The number of likely N-dealkylation sites (tertiary alicyclic amines) is 1. The maximum Gasteiger partial charge on any atom is 0.243 e. The molecule has 6 rings (SSSR count). The number of nitrogens with one attached hydrogen (secondary N) is 8. The number of phenolic OH excluding ortho intramolecular Hbond substituents is 1. The number of carbonyl (C=O) groups is 10. The highest BCUT2D eigenvalue weighted by Gasteiger charge is 2.41. The van der Waals surface area contributed by atoms with Gasteiger partial charge in [0.2, 0.25) is 41.4 Å². The molecule has 0 radical (unpaired) electrons. The minimum Gasteiger partial charge on any atom is -0.508 e. The highest BCUT2D eigenvalue weighted by Crippen LogP contribution is 2.28. The molecular formula is C73H105N15O13. The summed E-state index contributed by atoms with van der Waals surface area (Å²) >= 11 is 0. The zero-order valence-electron chi connectivity index (χ0n) is 58.5. The van der Waals surface area contributed by atoms with Crippen molar-refractivity contribution in [2.24, 2.45) is 46.6 Å². The Hall–Kier alpha value is -9.38. The van der Waals surface area contributed by atoms with Crippen LogP contribution < -0.4 is 54.8 Å². The summed E-state index contributed by atoms with van der Waals surface area (Å²) in [7, 11) is 1.63. The van der Waals surface area contributed by atoms with E-state index in [0.29, 0.717) is 50.5 Å². The summed E-state index contributed by atoms with van der Waals surface area (Å²) < 4.78 is 10.7. The van der Waals surface area contributed by atoms with Crippen molar-refractivity contribution in [2.45, 2.75) is 140 Å². The molecule has 8 atom stereocenters. The van der Waals surface area contributed by atoms with Gasteiger partial charge in [0.15, 0.2) is 23.5 Å². The number of primary amides is 2. The van der Waals surface area contributed by atoms with Crippen molar-refractivity contribution in [3.63, 3.8) is 0 Å². The number of hydrogen-bond donors (Lipinski definition) is 13. The first-order valence-electron chi connectivity index (χ1n) is 35.0. The summed E-state index contributed by atoms with van der Waals surface area (Å²) in [5.74, 6) is -10.3. The first kappa shape index (κ1) is 80.6. The third kappa shape index (κ3) is 28.3. The van der Waals surface area contributed by atoms with Gasteiger partial charge >= 0.3 is 0 Å². The molecule has 28 heteroatoms. The van der Waals surface area contributed by atoms with E-state index in [1.165, 1.54) is 17.0 Å². The molecule has 0 saturated carbocycles. The van der Waals surface area contributed by atoms with Gasteiger partial charge in [-0.15, -0.1) is 0 Å². The van der Waals surface area contributed by atoms with Crippen LogP contribution in [0.2, 0.25) is 0 Å². The van der Waals surface area contributed by atoms with Crippen LogP contribution in [0.1, 0.15) is 108 Å². The van der Waals surface area contributed by atoms with Gasteiger partial charge in [-0.25, -0.2) is 0 Å². The second-order valence-corrected chi connectivity index (χ2v) is 26.8. The fourth-order valence-corrected chi connectivity index (χ4v) is 12.9. The van der Waals surface area contributed by atoms with E-state index in [9.17, 15) is 29.1 Å². The van der Waals surface area contributed by atoms with Gasteiger partial charge in [0, 0.05) is 103 Å². The number of rotatable bonds is 45. The third-order valence-corrected chi connectivity index (χ3v) is 18.2. The van der Waals surface area contributed by atoms with Crippen molar-refractivity contribution < 1.29 is 62.5 Å². The Balaban J connectivity index is 1.25. The summed E-state index contributed by atoms with van der Waals surface area (Å²) in [6.07, 6.45) is 0.618. The predicted molar refractivity (Wildman–Crippen MR) is 382 cm³/mol. The molecule has 2 saturated heterocycles. The number of aromatic hydroxyl groups is 1. The topological polar surface area (TPSA) is 443 Å². The number of amides is 7. The van der Waals surface area contributed by atoms with Crippen LogP contribution in [0, 0.1) is 34.5 Å². The number of guanidine groups is 2. The minimum atomic E-state index is -1.50. The Morgan fingerprint density at radius 2 is 1.14 bits per heavy atom. The lowest BCUT2D eigenvalue weighted by atomic mass is 9.86. The van der Waals surface area contributed by atoms with Crippen LogP contribution in [0.15, 0.2) is 97.1 Å². The lowest BCUT2D eigenvalue weighted by Gasteiger charge is -2.34. The van der Waals surface area contributed by atoms with Crippen LogP contribution in [0.4, 0.5) is 0 Å². The van der Waals surface area contributed by atoms with E-state index in [-0.39, 0.29) is 126 Å². The van der Waals surface area contributed by atoms with Crippen LogP contribution in [0.3, 0.4) is 0 Å². The highest BCUT2D eigenvalue weighted by molar-refractivity contribution is 5.99. The number of nitrogens with two attached hydrogens (primary N) is 4. The molecule has 7 amide bonds. The second-order valence-electron chi connectivity index (χ2n) is 26.8. The molecule has 2 fully saturated rings. The molecule has 0 bridgehead atoms. The molecule has 4 aromatic rings. The van der Waals surface area contributed by atoms with Crippen molar-refractivity contribution in [3.8, 4) is 5.75 Å². The van der Waals surface area contributed by atoms with Gasteiger partial charge in [-0.1, -0.05) is 98.8 Å². The zero-order valence-corrected chi connectivity index (χ0v) is 58.5. The number of methoxy groups -OCH3 is 1. The van der Waals surface area contributed by atoms with Crippen molar-refractivity contribution in [2.75, 3.05) is 85.8 Å². The number of carbonyl (C=O) groups excluding carboxylic acids is 10. The minimum absolute atomic E-state index is 0.0133. The Morgan fingerprint density at radius 3 is 1.76 bits per heavy atom. The van der Waals surface area contributed by atoms with Gasteiger partial charge in [0.1, 0.15) is 29.7 Å². The average Bonchev–Trinajstić information content (AvgIpc) is 1.82. The standard InChI is InChI=1S/C73H105N15O13/c1-47(2)37-54(44-64(92)60(41-50-20-23-51-15-7-8-16-52(51)39-50)84-68(96)55(38-49-21-24-56(89)25-22-49)42-57(90)46-87-32-30-86(31-33-87)28-12-34-101-36-35-100-3)67(95)83-59(40-48-13-5-4-6-14-48)63(91)43-53(17-9-26-80-72(76)77)71(99)88-29-11-19-62(88)70(98)82-58(18-10-27-81-73(78)79)69(97)85-61(66(75)94)45-65(74)93/h4-8,13-16,20-25,39,47,53-55,58-62,89H,9-12,17-19,26-38,40-46H2,1-3H3,(H2,74,93)(H2,75,94)(H,82,98)(H,83,95)(H,84,96)(H,85,97)(H4,76,77,80)(H4,78,79,81)/t53-,54-,55-,58+,59+,60+,61+,62+/m1/s1. The molecule has 2 heterocycles. The van der Waals surface area contributed by atoms with E-state index in [4.69, 9.17) is 43.2 Å². The number of hydrogen-bond acceptors (Lipinski definition) is 17. The predicted octanol–water partition coefficient (Wildman–Crippen LogP) is 1.83. The monoisotopic (exact) mass is 1400 g/mol. The highest BCUT2D eigenvalue weighted by atomic mass is 16.5. The van der Waals surface area contributed by atoms with Crippen LogP contribution in [0.25, 0.3) is 10.8 Å². The van der Waals surface area contributed by atoms with E-state index in [1.807, 2.05) is 56.3 Å². The number of fused-ring (bicyclic) bond motifs is 1. The smallest absolute Gasteiger partial charge is 0.243 e. The lowest BCUT2D eigenvalue weighted by molar-refractivity contribution is -0.144. The van der Waals surface area contributed by atoms with Crippen molar-refractivity contribution in [1.29, 1.82) is 10.8 Å². The molecule has 0 aromatic heterocycles. The summed E-state index contributed by atoms with van der Waals surface area (Å²) in [5.41, 5.74) is 24.0. The summed E-state index contributed by atoms with van der Waals surface area (Å²) in [5, 5.41) is 43.8. The van der Waals surface area contributed by atoms with Crippen molar-refractivity contribution in [1.82, 2.24) is 46.6 Å². The maximum atomic E-state index is 15.3. The Labute approximate surface area is 591 Å². The first-order valence-corrected chi connectivity index (χ1v) is 35.0. The number of benzene rings is 4. The summed E-state index contributed by atoms with van der Waals surface area (Å²) in [6, 6.07) is 22.4. The van der Waals surface area contributed by atoms with E-state index >= 15 is 24.0 Å². The maximum absolute atomic E-state index is 15.3. The molecule has 28 nitrogen and oxygen atoms in total. The van der Waals surface area contributed by atoms with Crippen LogP contribution in [0.5, 0.6) is 5.75 Å². The quantitative estimate of drug-likeness (QED) is 0.0171. The number of nitrogens with zero attached hydrogens (tertiary/aromatic N) is 3. The van der Waals surface area contributed by atoms with Gasteiger partial charge in [0.25, 0.3) is 0 Å². The van der Waals surface area contributed by atoms with Crippen LogP contribution in [-0.2, 0) is 76.7 Å². The molecule has 2 aliphatic rings. The number of ether oxygens (including phenoxy) is 2. The Morgan fingerprint density at radius 1 is 0.564 bits per heavy atom. The average molecular weight is 1400 g/mol. The van der Waals surface area contributed by atoms with Crippen molar-refractivity contribution >= 4 is 81.4 Å². The van der Waals surface area contributed by atoms with Gasteiger partial charge in [-0.2, -0.15) is 0 Å². The number of Topliss-reactive ketones (excluding diaryl/α,β-unsaturated/α-hetero) is 3. The van der Waals surface area contributed by atoms with E-state index < -0.39 is 114 Å². The number of piperazine rings is 1. The SMILES string of the molecule is COCCOCCCN1CCN(CC(=O)C[C@@H](Cc2ccc(O)cc2)C(=O)N[C@@H](Cc2ccc3ccccc3c2)C(=O)C[C@@H](CC(C)C)C(=O)N[C@@H](Cc2ccccc2)C(=O)C[C@@H](CCCNC(=N)N)C(=O)N2CCC[C@H]2C(=O)N[C@@H](CCCNC(=N)N)C(=O)N[C@@H](CC(N)=O)C(N)=O)CC1. The lowest BCUT2D eigenvalue weighted by Crippen LogP contribution is -2.57. The second kappa shape index (κ2) is 42.0. The molecule has 0 unspecified atom stereocenters. The fraction of sp³-hybridized carbons (Fsp3) is 0.534. The number of ketones is 3. The fourth-order valence-electron chi connectivity index (χ4n) is 12.9. The van der Waals surface area contributed by atoms with E-state index in [2.05, 4.69) is 41.7 Å². The first-order chi connectivity index (χ1) is 48.3. The van der Waals surface area contributed by atoms with Gasteiger partial charge < -0.3 is 79.2 Å². The molecule has 4 aromatic carbocycles. The summed E-state index contributed by atoms with van der Waals surface area (Å²) in [6.45, 7) is 9.68. The molecule has 0 spiro atoms. The largest absolute Gasteiger partial charge is 0.508 e. The number of phenols is 1. The molecular weight excluding hydrogens is 1290 g/mol. The van der Waals surface area contributed by atoms with Gasteiger partial charge in [-0.05, 0) is 116 Å². The van der Waals surface area contributed by atoms with E-state index in [1.54, 1.807) is 49.6 Å². The molecule has 101 heavy (non-hydrogen) atoms. The molecule has 550 valence electrons. The zero-order chi connectivity index (χ0) is 73.4. The van der Waals surface area contributed by atoms with Gasteiger partial charge in [0.05, 0.1) is 38.3 Å². The molecule has 0 aliphatic carbocycles. The third-order valence-electron chi connectivity index (χ3n) is 18.2. The van der Waals surface area contributed by atoms with Crippen LogP contribution >= 0.6 is 0 Å².